The summed E-state index contributed by atoms with van der Waals surface area (Å²) in [6.45, 7) is 5.38. The maximum Gasteiger partial charge on any atom is 0.228 e. The van der Waals surface area contributed by atoms with E-state index in [1.165, 1.54) is 12.8 Å². The third-order valence-corrected chi connectivity index (χ3v) is 6.38. The zero-order chi connectivity index (χ0) is 16.6. The van der Waals surface area contributed by atoms with E-state index in [9.17, 15) is 4.79 Å². The van der Waals surface area contributed by atoms with Crippen LogP contribution in [0.4, 0.5) is 0 Å². The summed E-state index contributed by atoms with van der Waals surface area (Å²) in [7, 11) is 0. The fourth-order valence-electron chi connectivity index (χ4n) is 4.56. The van der Waals surface area contributed by atoms with Crippen molar-refractivity contribution in [3.63, 3.8) is 0 Å². The molecule has 4 heteroatoms. The molecule has 1 saturated carbocycles. The summed E-state index contributed by atoms with van der Waals surface area (Å²) in [5.41, 5.74) is -0.364. The molecular formula is C20H31NO3. The molecule has 0 aromatic heterocycles. The van der Waals surface area contributed by atoms with E-state index in [0.29, 0.717) is 12.5 Å². The van der Waals surface area contributed by atoms with Crippen molar-refractivity contribution in [3.8, 4) is 0 Å². The van der Waals surface area contributed by atoms with Gasteiger partial charge in [-0.3, -0.25) is 4.79 Å². The first-order chi connectivity index (χ1) is 11.6. The van der Waals surface area contributed by atoms with Gasteiger partial charge in [-0.25, -0.2) is 0 Å². The molecule has 0 aromatic rings. The van der Waals surface area contributed by atoms with Crippen LogP contribution in [0.25, 0.3) is 0 Å². The zero-order valence-corrected chi connectivity index (χ0v) is 15.0. The summed E-state index contributed by atoms with van der Waals surface area (Å²) in [5, 5.41) is 0. The molecule has 3 fully saturated rings. The molecule has 2 aliphatic heterocycles. The maximum atomic E-state index is 13.1. The Bertz CT molecular complexity index is 515. The fraction of sp³-hybridized carbons (Fsp3) is 0.850. The van der Waals surface area contributed by atoms with E-state index in [1.54, 1.807) is 0 Å². The van der Waals surface area contributed by atoms with E-state index < -0.39 is 0 Å². The van der Waals surface area contributed by atoms with Crippen LogP contribution in [0.3, 0.4) is 0 Å². The van der Waals surface area contributed by atoms with Gasteiger partial charge in [0.05, 0.1) is 23.7 Å². The Morgan fingerprint density at radius 2 is 2.21 bits per heavy atom. The molecule has 2 saturated heterocycles. The topological polar surface area (TPSA) is 38.8 Å². The fourth-order valence-corrected chi connectivity index (χ4v) is 4.56. The molecule has 4 aliphatic rings. The van der Waals surface area contributed by atoms with Crippen LogP contribution in [-0.2, 0) is 14.3 Å². The molecule has 2 heterocycles. The van der Waals surface area contributed by atoms with Crippen LogP contribution in [0, 0.1) is 11.3 Å². The van der Waals surface area contributed by atoms with Gasteiger partial charge in [-0.05, 0) is 50.9 Å². The number of ether oxygens (including phenoxy) is 2. The number of rotatable bonds is 4. The van der Waals surface area contributed by atoms with E-state index >= 15 is 0 Å². The highest BCUT2D eigenvalue weighted by Gasteiger charge is 2.47. The van der Waals surface area contributed by atoms with Gasteiger partial charge >= 0.3 is 0 Å². The molecule has 1 spiro atoms. The van der Waals surface area contributed by atoms with Crippen LogP contribution in [0.1, 0.15) is 58.3 Å². The normalized spacial score (nSPS) is 39.5. The maximum absolute atomic E-state index is 13.1. The van der Waals surface area contributed by atoms with E-state index in [-0.39, 0.29) is 17.1 Å². The number of carbonyl (C=O) groups excluding carboxylic acids is 1. The third-order valence-electron chi connectivity index (χ3n) is 6.38. The Morgan fingerprint density at radius 1 is 1.33 bits per heavy atom. The second kappa shape index (κ2) is 6.45. The first-order valence-electron chi connectivity index (χ1n) is 9.79. The van der Waals surface area contributed by atoms with Crippen LogP contribution in [0.2, 0.25) is 0 Å². The highest BCUT2D eigenvalue weighted by Crippen LogP contribution is 2.40. The van der Waals surface area contributed by atoms with E-state index in [0.717, 1.165) is 64.1 Å². The number of carbonyl (C=O) groups is 1. The van der Waals surface area contributed by atoms with E-state index in [1.807, 2.05) is 0 Å². The first-order valence-corrected chi connectivity index (χ1v) is 9.79. The largest absolute Gasteiger partial charge is 0.375 e. The van der Waals surface area contributed by atoms with Gasteiger partial charge in [0.2, 0.25) is 5.91 Å². The highest BCUT2D eigenvalue weighted by atomic mass is 16.6. The van der Waals surface area contributed by atoms with Crippen LogP contribution in [-0.4, -0.2) is 48.8 Å². The third kappa shape index (κ3) is 3.41. The number of allylic oxidation sites excluding steroid dienone is 2. The molecule has 134 valence electrons. The van der Waals surface area contributed by atoms with Gasteiger partial charge in [-0.1, -0.05) is 19.1 Å². The van der Waals surface area contributed by atoms with Crippen LogP contribution < -0.4 is 0 Å². The van der Waals surface area contributed by atoms with Gasteiger partial charge in [0, 0.05) is 26.1 Å². The Morgan fingerprint density at radius 3 is 2.96 bits per heavy atom. The molecule has 0 bridgehead atoms. The van der Waals surface area contributed by atoms with Crippen molar-refractivity contribution in [2.45, 2.75) is 70.0 Å². The Hall–Kier alpha value is -0.870. The first kappa shape index (κ1) is 16.6. The number of amides is 1. The predicted octanol–water partition coefficient (Wildman–Crippen LogP) is 3.31. The molecule has 24 heavy (non-hydrogen) atoms. The summed E-state index contributed by atoms with van der Waals surface area (Å²) in [4.78, 5) is 15.2. The van der Waals surface area contributed by atoms with Gasteiger partial charge in [0.25, 0.3) is 0 Å². The number of hydrogen-bond donors (Lipinski definition) is 0. The lowest BCUT2D eigenvalue weighted by molar-refractivity contribution is -0.149. The number of piperidine rings is 1. The Balaban J connectivity index is 1.36. The predicted molar refractivity (Wildman–Crippen MR) is 92.7 cm³/mol. The standard InChI is InChI=1S/C20H31NO3/c1-19(8-3-2-4-9-19)18(22)21-11-5-10-20(15-21)12-17(14-24-20)23-13-16-6-7-16/h2-3,16-17H,4-15H2,1H3/t17-,19?,20-/m1/s1. The lowest BCUT2D eigenvalue weighted by Gasteiger charge is -2.43. The average Bonchev–Trinajstić information content (AvgIpc) is 3.35. The van der Waals surface area contributed by atoms with Crippen molar-refractivity contribution in [2.24, 2.45) is 11.3 Å². The smallest absolute Gasteiger partial charge is 0.228 e. The van der Waals surface area contributed by atoms with E-state index in [2.05, 4.69) is 24.0 Å². The molecule has 2 aliphatic carbocycles. The van der Waals surface area contributed by atoms with Gasteiger partial charge in [-0.2, -0.15) is 0 Å². The van der Waals surface area contributed by atoms with Crippen molar-refractivity contribution in [2.75, 3.05) is 26.3 Å². The van der Waals surface area contributed by atoms with Crippen molar-refractivity contribution in [3.05, 3.63) is 12.2 Å². The van der Waals surface area contributed by atoms with Gasteiger partial charge in [-0.15, -0.1) is 0 Å². The van der Waals surface area contributed by atoms with Crippen molar-refractivity contribution >= 4 is 5.91 Å². The molecule has 0 aromatic carbocycles. The number of likely N-dealkylation sites (tertiary alicyclic amines) is 1. The zero-order valence-electron chi connectivity index (χ0n) is 15.0. The Kier molecular flexibility index (Phi) is 4.46. The molecule has 3 atom stereocenters. The summed E-state index contributed by atoms with van der Waals surface area (Å²) < 4.78 is 12.3. The molecule has 1 amide bonds. The minimum absolute atomic E-state index is 0.150. The van der Waals surface area contributed by atoms with Gasteiger partial charge in [0.1, 0.15) is 0 Å². The van der Waals surface area contributed by atoms with Crippen molar-refractivity contribution < 1.29 is 14.3 Å². The number of hydrogen-bond acceptors (Lipinski definition) is 3. The van der Waals surface area contributed by atoms with Crippen molar-refractivity contribution in [1.29, 1.82) is 0 Å². The summed E-state index contributed by atoms with van der Waals surface area (Å²) in [6, 6.07) is 0. The molecule has 4 nitrogen and oxygen atoms in total. The molecule has 4 rings (SSSR count). The molecule has 0 radical (unpaired) electrons. The monoisotopic (exact) mass is 333 g/mol. The Labute approximate surface area is 145 Å². The summed E-state index contributed by atoms with van der Waals surface area (Å²) >= 11 is 0. The second-order valence-corrected chi connectivity index (χ2v) is 8.70. The SMILES string of the molecule is CC1(C(=O)N2CCC[C@@]3(C[C@@H](OCC4CC4)CO3)C2)CC=CCC1. The lowest BCUT2D eigenvalue weighted by Crippen LogP contribution is -2.54. The van der Waals surface area contributed by atoms with Gasteiger partial charge in [0.15, 0.2) is 0 Å². The molecule has 1 unspecified atom stereocenters. The summed E-state index contributed by atoms with van der Waals surface area (Å²) in [5.74, 6) is 1.13. The number of nitrogens with zero attached hydrogens (tertiary/aromatic N) is 1. The summed E-state index contributed by atoms with van der Waals surface area (Å²) in [6.07, 6.45) is 13.2. The molecule has 0 N–H and O–H groups in total. The quantitative estimate of drug-likeness (QED) is 0.741. The van der Waals surface area contributed by atoms with Crippen LogP contribution in [0.15, 0.2) is 12.2 Å². The minimum Gasteiger partial charge on any atom is -0.375 e. The van der Waals surface area contributed by atoms with Gasteiger partial charge < -0.3 is 14.4 Å². The average molecular weight is 333 g/mol. The van der Waals surface area contributed by atoms with Crippen molar-refractivity contribution in [1.82, 2.24) is 4.90 Å². The molecular weight excluding hydrogens is 302 g/mol. The van der Waals surface area contributed by atoms with Crippen LogP contribution >= 0.6 is 0 Å². The highest BCUT2D eigenvalue weighted by molar-refractivity contribution is 5.83. The van der Waals surface area contributed by atoms with E-state index in [4.69, 9.17) is 9.47 Å². The minimum atomic E-state index is -0.215. The lowest BCUT2D eigenvalue weighted by atomic mass is 9.77. The van der Waals surface area contributed by atoms with Crippen LogP contribution in [0.5, 0.6) is 0 Å². The second-order valence-electron chi connectivity index (χ2n) is 8.70.